The molecule has 0 atom stereocenters. The number of carbonyl (C=O) groups is 3. The van der Waals surface area contributed by atoms with Gasteiger partial charge in [-0.3, -0.25) is 14.4 Å². The summed E-state index contributed by atoms with van der Waals surface area (Å²) in [5.41, 5.74) is 1.19. The van der Waals surface area contributed by atoms with E-state index in [1.54, 1.807) is 35.2 Å². The zero-order chi connectivity index (χ0) is 17.6. The number of furan rings is 1. The first-order chi connectivity index (χ1) is 12.1. The number of piperidine rings is 1. The summed E-state index contributed by atoms with van der Waals surface area (Å²) < 4.78 is 5.09. The van der Waals surface area contributed by atoms with Crippen molar-refractivity contribution in [3.05, 3.63) is 48.4 Å². The Balaban J connectivity index is 1.60. The van der Waals surface area contributed by atoms with E-state index in [1.165, 1.54) is 6.26 Å². The molecule has 2 aromatic rings. The van der Waals surface area contributed by atoms with Crippen LogP contribution in [0.3, 0.4) is 0 Å². The smallest absolute Gasteiger partial charge is 0.313 e. The minimum atomic E-state index is -0.770. The summed E-state index contributed by atoms with van der Waals surface area (Å²) in [5.74, 6) is -0.887. The Hall–Kier alpha value is -3.09. The molecule has 25 heavy (non-hydrogen) atoms. The van der Waals surface area contributed by atoms with Crippen LogP contribution in [-0.4, -0.2) is 24.3 Å². The number of carbonyl (C=O) groups excluding carboxylic acids is 3. The van der Waals surface area contributed by atoms with Crippen molar-refractivity contribution in [3.63, 3.8) is 0 Å². The van der Waals surface area contributed by atoms with Gasteiger partial charge in [0, 0.05) is 24.3 Å². The average Bonchev–Trinajstić information content (AvgIpc) is 3.14. The van der Waals surface area contributed by atoms with E-state index in [2.05, 4.69) is 10.6 Å². The van der Waals surface area contributed by atoms with Gasteiger partial charge >= 0.3 is 11.8 Å². The molecule has 1 aliphatic heterocycles. The predicted octanol–water partition coefficient (Wildman–Crippen LogP) is 2.05. The van der Waals surface area contributed by atoms with E-state index in [9.17, 15) is 14.4 Å². The van der Waals surface area contributed by atoms with Gasteiger partial charge in [-0.15, -0.1) is 0 Å². The number of nitrogens with zero attached hydrogens (tertiary/aromatic N) is 1. The van der Waals surface area contributed by atoms with Crippen molar-refractivity contribution in [1.82, 2.24) is 5.32 Å². The van der Waals surface area contributed by atoms with Crippen molar-refractivity contribution >= 4 is 29.1 Å². The SMILES string of the molecule is O=C(NCc1ccco1)C(=O)Nc1cccc(N2CCCCC2=O)c1. The Morgan fingerprint density at radius 2 is 2.00 bits per heavy atom. The number of benzene rings is 1. The monoisotopic (exact) mass is 341 g/mol. The third-order valence-corrected chi connectivity index (χ3v) is 3.95. The fraction of sp³-hybridized carbons (Fsp3) is 0.278. The van der Waals surface area contributed by atoms with Gasteiger partial charge in [-0.1, -0.05) is 6.07 Å². The molecule has 0 unspecified atom stereocenters. The first-order valence-corrected chi connectivity index (χ1v) is 8.15. The maximum absolute atomic E-state index is 12.0. The van der Waals surface area contributed by atoms with Gasteiger partial charge in [0.1, 0.15) is 5.76 Å². The standard InChI is InChI=1S/C18H19N3O4/c22-16-8-1-2-9-21(16)14-6-3-5-13(11-14)20-18(24)17(23)19-12-15-7-4-10-25-15/h3-7,10-11H,1-2,8-9,12H2,(H,19,23)(H,20,24). The second-order valence-electron chi connectivity index (χ2n) is 5.77. The number of hydrogen-bond donors (Lipinski definition) is 2. The van der Waals surface area contributed by atoms with Crippen molar-refractivity contribution in [2.24, 2.45) is 0 Å². The lowest BCUT2D eigenvalue weighted by Crippen LogP contribution is -2.36. The molecule has 3 amide bonds. The van der Waals surface area contributed by atoms with E-state index < -0.39 is 11.8 Å². The number of rotatable bonds is 4. The van der Waals surface area contributed by atoms with Crippen LogP contribution in [0.5, 0.6) is 0 Å². The number of amides is 3. The molecule has 2 heterocycles. The summed E-state index contributed by atoms with van der Waals surface area (Å²) in [6.45, 7) is 0.807. The molecule has 0 spiro atoms. The Kier molecular flexibility index (Phi) is 5.13. The van der Waals surface area contributed by atoms with Crippen LogP contribution in [0, 0.1) is 0 Å². The molecule has 0 bridgehead atoms. The summed E-state index contributed by atoms with van der Waals surface area (Å²) in [5, 5.41) is 5.03. The lowest BCUT2D eigenvalue weighted by Gasteiger charge is -2.27. The zero-order valence-corrected chi connectivity index (χ0v) is 13.7. The molecule has 7 nitrogen and oxygen atoms in total. The predicted molar refractivity (Wildman–Crippen MR) is 91.8 cm³/mol. The van der Waals surface area contributed by atoms with Crippen LogP contribution >= 0.6 is 0 Å². The van der Waals surface area contributed by atoms with Crippen LogP contribution in [0.2, 0.25) is 0 Å². The quantitative estimate of drug-likeness (QED) is 0.833. The van der Waals surface area contributed by atoms with Gasteiger partial charge in [0.15, 0.2) is 0 Å². The summed E-state index contributed by atoms with van der Waals surface area (Å²) in [4.78, 5) is 37.5. The molecule has 1 fully saturated rings. The van der Waals surface area contributed by atoms with Gasteiger partial charge in [-0.2, -0.15) is 0 Å². The third kappa shape index (κ3) is 4.26. The van der Waals surface area contributed by atoms with Crippen molar-refractivity contribution < 1.29 is 18.8 Å². The average molecular weight is 341 g/mol. The molecular weight excluding hydrogens is 322 g/mol. The van der Waals surface area contributed by atoms with Crippen molar-refractivity contribution in [3.8, 4) is 0 Å². The topological polar surface area (TPSA) is 91.7 Å². The molecular formula is C18H19N3O4. The third-order valence-electron chi connectivity index (χ3n) is 3.95. The van der Waals surface area contributed by atoms with E-state index in [0.29, 0.717) is 24.4 Å². The van der Waals surface area contributed by atoms with Gasteiger partial charge in [0.2, 0.25) is 5.91 Å². The highest BCUT2D eigenvalue weighted by Crippen LogP contribution is 2.23. The highest BCUT2D eigenvalue weighted by Gasteiger charge is 2.20. The normalized spacial score (nSPS) is 14.2. The molecule has 3 rings (SSSR count). The van der Waals surface area contributed by atoms with Gasteiger partial charge < -0.3 is 20.0 Å². The van der Waals surface area contributed by atoms with E-state index in [1.807, 2.05) is 6.07 Å². The summed E-state index contributed by atoms with van der Waals surface area (Å²) in [6, 6.07) is 10.3. The molecule has 2 N–H and O–H groups in total. The lowest BCUT2D eigenvalue weighted by atomic mass is 10.1. The molecule has 1 aliphatic rings. The van der Waals surface area contributed by atoms with Crippen LogP contribution in [-0.2, 0) is 20.9 Å². The molecule has 0 radical (unpaired) electrons. The Morgan fingerprint density at radius 1 is 1.12 bits per heavy atom. The molecule has 130 valence electrons. The Bertz CT molecular complexity index is 770. The van der Waals surface area contributed by atoms with E-state index in [4.69, 9.17) is 4.42 Å². The molecule has 7 heteroatoms. The summed E-state index contributed by atoms with van der Waals surface area (Å²) in [7, 11) is 0. The molecule has 0 aliphatic carbocycles. The minimum absolute atomic E-state index is 0.0749. The van der Waals surface area contributed by atoms with Gasteiger partial charge in [-0.25, -0.2) is 0 Å². The maximum atomic E-state index is 12.0. The lowest BCUT2D eigenvalue weighted by molar-refractivity contribution is -0.136. The second kappa shape index (κ2) is 7.65. The van der Waals surface area contributed by atoms with Crippen molar-refractivity contribution in [2.45, 2.75) is 25.8 Å². The first-order valence-electron chi connectivity index (χ1n) is 8.15. The molecule has 1 aromatic carbocycles. The summed E-state index contributed by atoms with van der Waals surface area (Å²) in [6.07, 6.45) is 3.89. The van der Waals surface area contributed by atoms with Gasteiger partial charge in [-0.05, 0) is 43.2 Å². The maximum Gasteiger partial charge on any atom is 0.313 e. The van der Waals surface area contributed by atoms with Crippen LogP contribution in [0.1, 0.15) is 25.0 Å². The highest BCUT2D eigenvalue weighted by molar-refractivity contribution is 6.39. The second-order valence-corrected chi connectivity index (χ2v) is 5.77. The zero-order valence-electron chi connectivity index (χ0n) is 13.7. The molecule has 1 saturated heterocycles. The van der Waals surface area contributed by atoms with Gasteiger partial charge in [0.05, 0.1) is 12.8 Å². The minimum Gasteiger partial charge on any atom is -0.467 e. The van der Waals surface area contributed by atoms with Crippen LogP contribution < -0.4 is 15.5 Å². The largest absolute Gasteiger partial charge is 0.467 e. The van der Waals surface area contributed by atoms with Crippen molar-refractivity contribution in [2.75, 3.05) is 16.8 Å². The first kappa shape index (κ1) is 16.8. The fourth-order valence-corrected chi connectivity index (χ4v) is 2.68. The molecule has 0 saturated carbocycles. The van der Waals surface area contributed by atoms with Crippen LogP contribution in [0.25, 0.3) is 0 Å². The summed E-state index contributed by atoms with van der Waals surface area (Å²) >= 11 is 0. The van der Waals surface area contributed by atoms with E-state index in [0.717, 1.165) is 18.5 Å². The number of hydrogen-bond acceptors (Lipinski definition) is 4. The van der Waals surface area contributed by atoms with Crippen LogP contribution in [0.15, 0.2) is 47.1 Å². The molecule has 1 aromatic heterocycles. The number of anilines is 2. The van der Waals surface area contributed by atoms with Crippen molar-refractivity contribution in [1.29, 1.82) is 0 Å². The van der Waals surface area contributed by atoms with E-state index in [-0.39, 0.29) is 12.5 Å². The highest BCUT2D eigenvalue weighted by atomic mass is 16.3. The number of nitrogens with one attached hydrogen (secondary N) is 2. The van der Waals surface area contributed by atoms with E-state index >= 15 is 0 Å². The van der Waals surface area contributed by atoms with Crippen LogP contribution in [0.4, 0.5) is 11.4 Å². The van der Waals surface area contributed by atoms with Gasteiger partial charge in [0.25, 0.3) is 0 Å². The fourth-order valence-electron chi connectivity index (χ4n) is 2.68. The Labute approximate surface area is 145 Å². The Morgan fingerprint density at radius 3 is 2.76 bits per heavy atom.